The number of carbonyl (C=O) groups excluding carboxylic acids is 2. The van der Waals surface area contributed by atoms with E-state index in [-0.39, 0.29) is 24.6 Å². The van der Waals surface area contributed by atoms with Gasteiger partial charge in [-0.05, 0) is 43.4 Å². The third kappa shape index (κ3) is 2.60. The molecule has 0 bridgehead atoms. The third-order valence-electron chi connectivity index (χ3n) is 5.46. The van der Waals surface area contributed by atoms with Crippen molar-refractivity contribution in [2.45, 2.75) is 31.7 Å². The SMILES string of the molecule is CN1C(=O)CCC[C@H]2CN(C(=O)c3ccc4c(c3)OCO4)CC[C@H]21. The zero-order valence-corrected chi connectivity index (χ0v) is 13.9. The second kappa shape index (κ2) is 6.00. The third-order valence-corrected chi connectivity index (χ3v) is 5.46. The summed E-state index contributed by atoms with van der Waals surface area (Å²) in [5.41, 5.74) is 0.635. The van der Waals surface area contributed by atoms with Crippen molar-refractivity contribution >= 4 is 11.8 Å². The van der Waals surface area contributed by atoms with E-state index in [0.29, 0.717) is 35.9 Å². The van der Waals surface area contributed by atoms with Gasteiger partial charge in [0, 0.05) is 38.2 Å². The van der Waals surface area contributed by atoms with E-state index in [0.717, 1.165) is 25.8 Å². The van der Waals surface area contributed by atoms with Crippen LogP contribution in [-0.2, 0) is 4.79 Å². The Balaban J connectivity index is 1.50. The second-order valence-electron chi connectivity index (χ2n) is 6.83. The molecule has 3 aliphatic heterocycles. The van der Waals surface area contributed by atoms with Crippen LogP contribution in [0, 0.1) is 5.92 Å². The van der Waals surface area contributed by atoms with Gasteiger partial charge in [-0.25, -0.2) is 0 Å². The number of likely N-dealkylation sites (tertiary alicyclic amines) is 2. The number of benzene rings is 1. The van der Waals surface area contributed by atoms with Gasteiger partial charge in [0.15, 0.2) is 11.5 Å². The summed E-state index contributed by atoms with van der Waals surface area (Å²) in [6.45, 7) is 1.61. The monoisotopic (exact) mass is 330 g/mol. The largest absolute Gasteiger partial charge is 0.454 e. The van der Waals surface area contributed by atoms with E-state index in [1.807, 2.05) is 16.8 Å². The van der Waals surface area contributed by atoms with E-state index in [1.165, 1.54) is 0 Å². The zero-order valence-electron chi connectivity index (χ0n) is 13.9. The molecule has 2 atom stereocenters. The predicted octanol–water partition coefficient (Wildman–Crippen LogP) is 1.89. The Labute approximate surface area is 141 Å². The summed E-state index contributed by atoms with van der Waals surface area (Å²) in [5.74, 6) is 1.96. The molecule has 3 heterocycles. The van der Waals surface area contributed by atoms with Gasteiger partial charge in [-0.3, -0.25) is 9.59 Å². The molecule has 2 saturated heterocycles. The molecule has 2 fully saturated rings. The molecule has 2 amide bonds. The van der Waals surface area contributed by atoms with Gasteiger partial charge in [0.25, 0.3) is 5.91 Å². The van der Waals surface area contributed by atoms with Crippen molar-refractivity contribution < 1.29 is 19.1 Å². The normalized spacial score (nSPS) is 26.1. The van der Waals surface area contributed by atoms with Crippen LogP contribution in [0.25, 0.3) is 0 Å². The van der Waals surface area contributed by atoms with Crippen LogP contribution in [0.1, 0.15) is 36.0 Å². The van der Waals surface area contributed by atoms with E-state index in [2.05, 4.69) is 0 Å². The molecule has 0 spiro atoms. The van der Waals surface area contributed by atoms with Crippen molar-refractivity contribution in [3.8, 4) is 11.5 Å². The summed E-state index contributed by atoms with van der Waals surface area (Å²) in [7, 11) is 1.90. The molecular weight excluding hydrogens is 308 g/mol. The zero-order chi connectivity index (χ0) is 16.7. The molecular formula is C18H22N2O4. The number of rotatable bonds is 1. The van der Waals surface area contributed by atoms with Crippen LogP contribution in [0.5, 0.6) is 11.5 Å². The Kier molecular flexibility index (Phi) is 3.82. The lowest BCUT2D eigenvalue weighted by Crippen LogP contribution is -2.51. The van der Waals surface area contributed by atoms with Crippen LogP contribution in [0.15, 0.2) is 18.2 Å². The van der Waals surface area contributed by atoms with Gasteiger partial charge in [-0.2, -0.15) is 0 Å². The number of piperidine rings is 1. The molecule has 3 aliphatic rings. The van der Waals surface area contributed by atoms with Crippen LogP contribution in [-0.4, -0.2) is 54.6 Å². The maximum Gasteiger partial charge on any atom is 0.254 e. The first-order valence-corrected chi connectivity index (χ1v) is 8.58. The molecule has 0 saturated carbocycles. The van der Waals surface area contributed by atoms with Gasteiger partial charge in [0.1, 0.15) is 0 Å². The number of hydrogen-bond donors (Lipinski definition) is 0. The fourth-order valence-corrected chi connectivity index (χ4v) is 4.09. The van der Waals surface area contributed by atoms with E-state index >= 15 is 0 Å². The lowest BCUT2D eigenvalue weighted by atomic mass is 9.88. The molecule has 1 aromatic carbocycles. The highest BCUT2D eigenvalue weighted by atomic mass is 16.7. The minimum absolute atomic E-state index is 0.0324. The van der Waals surface area contributed by atoms with Crippen LogP contribution in [0.3, 0.4) is 0 Å². The number of carbonyl (C=O) groups is 2. The van der Waals surface area contributed by atoms with Crippen molar-refractivity contribution in [1.82, 2.24) is 9.80 Å². The quantitative estimate of drug-likeness (QED) is 0.789. The number of amides is 2. The molecule has 4 rings (SSSR count). The minimum atomic E-state index is 0.0324. The fourth-order valence-electron chi connectivity index (χ4n) is 4.09. The highest BCUT2D eigenvalue weighted by molar-refractivity contribution is 5.95. The standard InChI is InChI=1S/C18H22N2O4/c1-19-14-7-8-20(10-13(14)3-2-4-17(19)21)18(22)12-5-6-15-16(9-12)24-11-23-15/h5-6,9,13-14H,2-4,7-8,10-11H2,1H3/t13-,14+/m0/s1. The number of ether oxygens (including phenoxy) is 2. The van der Waals surface area contributed by atoms with Crippen LogP contribution < -0.4 is 9.47 Å². The summed E-state index contributed by atoms with van der Waals surface area (Å²) < 4.78 is 10.7. The number of fused-ring (bicyclic) bond motifs is 2. The maximum absolute atomic E-state index is 12.9. The Morgan fingerprint density at radius 3 is 2.92 bits per heavy atom. The fraction of sp³-hybridized carbons (Fsp3) is 0.556. The van der Waals surface area contributed by atoms with Gasteiger partial charge in [0.2, 0.25) is 12.7 Å². The smallest absolute Gasteiger partial charge is 0.254 e. The highest BCUT2D eigenvalue weighted by Crippen LogP contribution is 2.34. The molecule has 24 heavy (non-hydrogen) atoms. The minimum Gasteiger partial charge on any atom is -0.454 e. The topological polar surface area (TPSA) is 59.1 Å². The highest BCUT2D eigenvalue weighted by Gasteiger charge is 2.37. The summed E-state index contributed by atoms with van der Waals surface area (Å²) >= 11 is 0. The summed E-state index contributed by atoms with van der Waals surface area (Å²) in [5, 5.41) is 0. The molecule has 6 nitrogen and oxygen atoms in total. The predicted molar refractivity (Wildman–Crippen MR) is 87.0 cm³/mol. The van der Waals surface area contributed by atoms with Gasteiger partial charge >= 0.3 is 0 Å². The molecule has 0 aromatic heterocycles. The van der Waals surface area contributed by atoms with Crippen molar-refractivity contribution in [3.63, 3.8) is 0 Å². The first kappa shape index (κ1) is 15.3. The molecule has 0 aliphatic carbocycles. The Bertz CT molecular complexity index is 675. The van der Waals surface area contributed by atoms with Crippen molar-refractivity contribution in [2.75, 3.05) is 26.9 Å². The van der Waals surface area contributed by atoms with E-state index in [4.69, 9.17) is 9.47 Å². The average molecular weight is 330 g/mol. The lowest BCUT2D eigenvalue weighted by Gasteiger charge is -2.41. The molecule has 6 heteroatoms. The number of nitrogens with zero attached hydrogens (tertiary/aromatic N) is 2. The van der Waals surface area contributed by atoms with Crippen LogP contribution in [0.4, 0.5) is 0 Å². The Morgan fingerprint density at radius 2 is 2.04 bits per heavy atom. The molecule has 0 unspecified atom stereocenters. The average Bonchev–Trinajstić information content (AvgIpc) is 3.02. The van der Waals surface area contributed by atoms with Crippen molar-refractivity contribution in [1.29, 1.82) is 0 Å². The van der Waals surface area contributed by atoms with Crippen LogP contribution >= 0.6 is 0 Å². The summed E-state index contributed by atoms with van der Waals surface area (Å²) in [6, 6.07) is 5.62. The number of hydrogen-bond acceptors (Lipinski definition) is 4. The van der Waals surface area contributed by atoms with Gasteiger partial charge < -0.3 is 19.3 Å². The molecule has 0 N–H and O–H groups in total. The first-order chi connectivity index (χ1) is 11.6. The maximum atomic E-state index is 12.9. The summed E-state index contributed by atoms with van der Waals surface area (Å²) in [6.07, 6.45) is 3.39. The van der Waals surface area contributed by atoms with Crippen molar-refractivity contribution in [3.05, 3.63) is 23.8 Å². The molecule has 0 radical (unpaired) electrons. The van der Waals surface area contributed by atoms with E-state index in [1.54, 1.807) is 18.2 Å². The van der Waals surface area contributed by atoms with Crippen molar-refractivity contribution in [2.24, 2.45) is 5.92 Å². The van der Waals surface area contributed by atoms with Gasteiger partial charge in [-0.1, -0.05) is 0 Å². The second-order valence-corrected chi connectivity index (χ2v) is 6.83. The van der Waals surface area contributed by atoms with E-state index < -0.39 is 0 Å². The Morgan fingerprint density at radius 1 is 1.21 bits per heavy atom. The Hall–Kier alpha value is -2.24. The molecule has 128 valence electrons. The lowest BCUT2D eigenvalue weighted by molar-refractivity contribution is -0.132. The molecule has 1 aromatic rings. The van der Waals surface area contributed by atoms with Gasteiger partial charge in [-0.15, -0.1) is 0 Å². The van der Waals surface area contributed by atoms with Crippen LogP contribution in [0.2, 0.25) is 0 Å². The van der Waals surface area contributed by atoms with E-state index in [9.17, 15) is 9.59 Å². The first-order valence-electron chi connectivity index (χ1n) is 8.58. The van der Waals surface area contributed by atoms with Gasteiger partial charge in [0.05, 0.1) is 0 Å². The summed E-state index contributed by atoms with van der Waals surface area (Å²) in [4.78, 5) is 28.7.